The summed E-state index contributed by atoms with van der Waals surface area (Å²) < 4.78 is 37.2. The van der Waals surface area contributed by atoms with Crippen LogP contribution in [0.4, 0.5) is 13.2 Å². The number of halogens is 3. The van der Waals surface area contributed by atoms with E-state index in [4.69, 9.17) is 0 Å². The van der Waals surface area contributed by atoms with Crippen molar-refractivity contribution in [3.8, 4) is 0 Å². The number of rotatable bonds is 7. The first-order valence-electron chi connectivity index (χ1n) is 6.96. The zero-order valence-corrected chi connectivity index (χ0v) is 12.0. The summed E-state index contributed by atoms with van der Waals surface area (Å²) >= 11 is 0. The highest BCUT2D eigenvalue weighted by Crippen LogP contribution is 2.38. The monoisotopic (exact) mass is 296 g/mol. The molecule has 0 heterocycles. The van der Waals surface area contributed by atoms with Crippen molar-refractivity contribution >= 4 is 5.97 Å². The lowest BCUT2D eigenvalue weighted by atomic mass is 9.84. The minimum Gasteiger partial charge on any atom is -0.480 e. The molecule has 0 aromatic carbocycles. The Hall–Kier alpha value is -0.820. The van der Waals surface area contributed by atoms with Crippen LogP contribution < -0.4 is 5.32 Å². The first-order chi connectivity index (χ1) is 9.25. The van der Waals surface area contributed by atoms with Gasteiger partial charge in [-0.25, -0.2) is 0 Å². The van der Waals surface area contributed by atoms with Crippen molar-refractivity contribution in [3.05, 3.63) is 0 Å². The average molecular weight is 296 g/mol. The van der Waals surface area contributed by atoms with E-state index >= 15 is 0 Å². The van der Waals surface area contributed by atoms with Crippen LogP contribution in [0.3, 0.4) is 0 Å². The van der Waals surface area contributed by atoms with Crippen LogP contribution in [0.1, 0.15) is 32.6 Å². The molecule has 1 rings (SSSR count). The van der Waals surface area contributed by atoms with E-state index in [9.17, 15) is 23.1 Å². The van der Waals surface area contributed by atoms with Gasteiger partial charge in [0.2, 0.25) is 0 Å². The van der Waals surface area contributed by atoms with Gasteiger partial charge in [-0.05, 0) is 45.3 Å². The Morgan fingerprint density at radius 2 is 2.15 bits per heavy atom. The van der Waals surface area contributed by atoms with E-state index in [1.165, 1.54) is 4.90 Å². The van der Waals surface area contributed by atoms with Gasteiger partial charge in [-0.1, -0.05) is 13.3 Å². The van der Waals surface area contributed by atoms with Gasteiger partial charge in [0.15, 0.2) is 0 Å². The van der Waals surface area contributed by atoms with E-state index in [0.29, 0.717) is 19.4 Å². The maximum Gasteiger partial charge on any atom is 0.401 e. The van der Waals surface area contributed by atoms with Gasteiger partial charge in [-0.3, -0.25) is 9.69 Å². The van der Waals surface area contributed by atoms with Gasteiger partial charge in [0.05, 0.1) is 6.54 Å². The van der Waals surface area contributed by atoms with Crippen LogP contribution in [0.5, 0.6) is 0 Å². The highest BCUT2D eigenvalue weighted by Gasteiger charge is 2.47. The van der Waals surface area contributed by atoms with Crippen LogP contribution in [-0.2, 0) is 4.79 Å². The molecule has 1 fully saturated rings. The molecule has 2 atom stereocenters. The van der Waals surface area contributed by atoms with E-state index in [-0.39, 0.29) is 12.5 Å². The van der Waals surface area contributed by atoms with Gasteiger partial charge in [0, 0.05) is 0 Å². The first kappa shape index (κ1) is 17.2. The van der Waals surface area contributed by atoms with Crippen LogP contribution in [0.15, 0.2) is 0 Å². The molecule has 0 amide bonds. The van der Waals surface area contributed by atoms with Crippen LogP contribution in [0, 0.1) is 5.92 Å². The van der Waals surface area contributed by atoms with Crippen molar-refractivity contribution in [3.63, 3.8) is 0 Å². The SMILES string of the molecule is CCN(CCC1CCCC1(NC)C(=O)O)CC(F)(F)F. The second-order valence-electron chi connectivity index (χ2n) is 5.39. The number of nitrogens with zero attached hydrogens (tertiary/aromatic N) is 1. The number of aliphatic carboxylic acids is 1. The third-order valence-electron chi connectivity index (χ3n) is 4.29. The molecular weight excluding hydrogens is 273 g/mol. The summed E-state index contributed by atoms with van der Waals surface area (Å²) in [5.74, 6) is -1.02. The fourth-order valence-corrected chi connectivity index (χ4v) is 3.13. The van der Waals surface area contributed by atoms with E-state index in [2.05, 4.69) is 5.32 Å². The number of likely N-dealkylation sites (N-methyl/N-ethyl adjacent to an activating group) is 1. The quantitative estimate of drug-likeness (QED) is 0.755. The molecule has 7 heteroatoms. The van der Waals surface area contributed by atoms with E-state index in [1.807, 2.05) is 0 Å². The van der Waals surface area contributed by atoms with Gasteiger partial charge >= 0.3 is 12.1 Å². The van der Waals surface area contributed by atoms with Crippen molar-refractivity contribution in [2.75, 3.05) is 26.7 Å². The maximum atomic E-state index is 12.4. The Bertz CT molecular complexity index is 336. The van der Waals surface area contributed by atoms with Gasteiger partial charge in [-0.15, -0.1) is 0 Å². The molecule has 2 unspecified atom stereocenters. The van der Waals surface area contributed by atoms with Crippen molar-refractivity contribution in [1.82, 2.24) is 10.2 Å². The summed E-state index contributed by atoms with van der Waals surface area (Å²) in [7, 11) is 1.61. The minimum atomic E-state index is -4.21. The number of carboxylic acid groups (broad SMARTS) is 1. The number of carbonyl (C=O) groups is 1. The molecule has 20 heavy (non-hydrogen) atoms. The largest absolute Gasteiger partial charge is 0.480 e. The topological polar surface area (TPSA) is 52.6 Å². The normalized spacial score (nSPS) is 27.2. The molecule has 1 saturated carbocycles. The maximum absolute atomic E-state index is 12.4. The molecule has 0 bridgehead atoms. The molecule has 0 radical (unpaired) electrons. The lowest BCUT2D eigenvalue weighted by Crippen LogP contribution is -2.53. The molecule has 1 aliphatic carbocycles. The third-order valence-corrected chi connectivity index (χ3v) is 4.29. The Morgan fingerprint density at radius 3 is 2.60 bits per heavy atom. The fourth-order valence-electron chi connectivity index (χ4n) is 3.13. The number of nitrogens with one attached hydrogen (secondary N) is 1. The van der Waals surface area contributed by atoms with Crippen molar-refractivity contribution in [2.45, 2.75) is 44.3 Å². The van der Waals surface area contributed by atoms with Gasteiger partial charge < -0.3 is 10.4 Å². The van der Waals surface area contributed by atoms with Crippen LogP contribution in [-0.4, -0.2) is 54.4 Å². The molecule has 0 aliphatic heterocycles. The lowest BCUT2D eigenvalue weighted by molar-refractivity contribution is -0.149. The smallest absolute Gasteiger partial charge is 0.401 e. The molecule has 0 aromatic rings. The van der Waals surface area contributed by atoms with Crippen molar-refractivity contribution in [1.29, 1.82) is 0 Å². The number of hydrogen-bond donors (Lipinski definition) is 2. The van der Waals surface area contributed by atoms with Crippen LogP contribution in [0.2, 0.25) is 0 Å². The lowest BCUT2D eigenvalue weighted by Gasteiger charge is -2.32. The summed E-state index contributed by atoms with van der Waals surface area (Å²) in [6, 6.07) is 0. The first-order valence-corrected chi connectivity index (χ1v) is 6.96. The average Bonchev–Trinajstić information content (AvgIpc) is 2.77. The summed E-state index contributed by atoms with van der Waals surface area (Å²) in [6.07, 6.45) is -1.66. The molecule has 0 saturated heterocycles. The molecule has 2 N–H and O–H groups in total. The fraction of sp³-hybridized carbons (Fsp3) is 0.923. The highest BCUT2D eigenvalue weighted by molar-refractivity contribution is 5.79. The molecule has 4 nitrogen and oxygen atoms in total. The summed E-state index contributed by atoms with van der Waals surface area (Å²) in [4.78, 5) is 12.8. The third kappa shape index (κ3) is 4.09. The van der Waals surface area contributed by atoms with E-state index < -0.39 is 24.2 Å². The summed E-state index contributed by atoms with van der Waals surface area (Å²) in [5.41, 5.74) is -0.975. The zero-order valence-electron chi connectivity index (χ0n) is 12.0. The Morgan fingerprint density at radius 1 is 1.50 bits per heavy atom. The zero-order chi connectivity index (χ0) is 15.4. The Labute approximate surface area is 117 Å². The summed E-state index contributed by atoms with van der Waals surface area (Å²) in [6.45, 7) is 1.34. The van der Waals surface area contributed by atoms with E-state index in [0.717, 1.165) is 12.8 Å². The number of hydrogen-bond acceptors (Lipinski definition) is 3. The number of carboxylic acids is 1. The molecular formula is C13H23F3N2O2. The molecule has 0 spiro atoms. The standard InChI is InChI=1S/C13H23F3N2O2/c1-3-18(9-13(14,15)16)8-6-10-5-4-7-12(10,17-2)11(19)20/h10,17H,3-9H2,1-2H3,(H,19,20). The van der Waals surface area contributed by atoms with Crippen molar-refractivity contribution in [2.24, 2.45) is 5.92 Å². The highest BCUT2D eigenvalue weighted by atomic mass is 19.4. The number of alkyl halides is 3. The van der Waals surface area contributed by atoms with E-state index in [1.54, 1.807) is 14.0 Å². The van der Waals surface area contributed by atoms with Crippen LogP contribution in [0.25, 0.3) is 0 Å². The Kier molecular flexibility index (Phi) is 5.82. The molecule has 0 aromatic heterocycles. The van der Waals surface area contributed by atoms with Gasteiger partial charge in [-0.2, -0.15) is 13.2 Å². The van der Waals surface area contributed by atoms with Crippen molar-refractivity contribution < 1.29 is 23.1 Å². The van der Waals surface area contributed by atoms with Gasteiger partial charge in [0.1, 0.15) is 5.54 Å². The minimum absolute atomic E-state index is 0.118. The Balaban J connectivity index is 2.61. The second kappa shape index (κ2) is 6.76. The van der Waals surface area contributed by atoms with Crippen LogP contribution >= 0.6 is 0 Å². The predicted molar refractivity (Wildman–Crippen MR) is 69.6 cm³/mol. The second-order valence-corrected chi connectivity index (χ2v) is 5.39. The predicted octanol–water partition coefficient (Wildman–Crippen LogP) is 2.10. The summed E-state index contributed by atoms with van der Waals surface area (Å²) in [5, 5.41) is 12.3. The molecule has 118 valence electrons. The van der Waals surface area contributed by atoms with Gasteiger partial charge in [0.25, 0.3) is 0 Å². The molecule has 1 aliphatic rings.